The van der Waals surface area contributed by atoms with Gasteiger partial charge in [-0.15, -0.1) is 0 Å². The van der Waals surface area contributed by atoms with Gasteiger partial charge in [0.15, 0.2) is 0 Å². The van der Waals surface area contributed by atoms with Crippen LogP contribution in [0, 0.1) is 0 Å². The highest BCUT2D eigenvalue weighted by molar-refractivity contribution is 5.53. The quantitative estimate of drug-likeness (QED) is 0.613. The average molecular weight is 174 g/mol. The molecular formula is C9H6N2O2. The molecule has 0 spiro atoms. The van der Waals surface area contributed by atoms with Gasteiger partial charge in [0.1, 0.15) is 16.8 Å². The van der Waals surface area contributed by atoms with Crippen LogP contribution in [0.4, 0.5) is 5.69 Å². The van der Waals surface area contributed by atoms with Crippen molar-refractivity contribution in [3.05, 3.63) is 35.0 Å². The molecule has 0 bridgehead atoms. The minimum atomic E-state index is 0.766. The minimum absolute atomic E-state index is 0.766. The van der Waals surface area contributed by atoms with Gasteiger partial charge in [0.05, 0.1) is 6.26 Å². The zero-order chi connectivity index (χ0) is 8.67. The van der Waals surface area contributed by atoms with E-state index in [4.69, 9.17) is 9.68 Å². The molecule has 13 heavy (non-hydrogen) atoms. The smallest absolute Gasteiger partial charge is 0.136 e. The first-order valence-electron chi connectivity index (χ1n) is 3.91. The summed E-state index contributed by atoms with van der Waals surface area (Å²) in [5, 5.41) is 5.57. The van der Waals surface area contributed by atoms with Crippen molar-refractivity contribution in [3.63, 3.8) is 0 Å². The molecule has 0 saturated heterocycles. The van der Waals surface area contributed by atoms with Crippen molar-refractivity contribution in [3.8, 4) is 5.75 Å². The molecule has 64 valence electrons. The van der Waals surface area contributed by atoms with Crippen molar-refractivity contribution in [2.24, 2.45) is 5.16 Å². The lowest BCUT2D eigenvalue weighted by molar-refractivity contribution is 0.213. The normalized spacial score (nSPS) is 15.4. The molecule has 3 rings (SSSR count). The number of hydrogen-bond donors (Lipinski definition) is 1. The molecule has 4 nitrogen and oxygen atoms in total. The van der Waals surface area contributed by atoms with Crippen LogP contribution in [0.1, 0.15) is 0 Å². The van der Waals surface area contributed by atoms with Crippen LogP contribution in [-0.4, -0.2) is 0 Å². The Hall–Kier alpha value is -1.97. The van der Waals surface area contributed by atoms with Crippen LogP contribution in [0.15, 0.2) is 29.6 Å². The van der Waals surface area contributed by atoms with E-state index >= 15 is 0 Å². The van der Waals surface area contributed by atoms with Gasteiger partial charge in [0, 0.05) is 11.3 Å². The van der Waals surface area contributed by atoms with Gasteiger partial charge in [-0.1, -0.05) is 5.16 Å². The zero-order valence-electron chi connectivity index (χ0n) is 6.65. The molecule has 0 saturated carbocycles. The highest BCUT2D eigenvalue weighted by atomic mass is 16.8. The van der Waals surface area contributed by atoms with Gasteiger partial charge >= 0.3 is 0 Å². The number of hydrogen-bond acceptors (Lipinski definition) is 4. The molecule has 0 radical (unpaired) electrons. The van der Waals surface area contributed by atoms with Crippen LogP contribution in [0.3, 0.4) is 0 Å². The number of anilines is 1. The lowest BCUT2D eigenvalue weighted by Gasteiger charge is -2.04. The first-order valence-corrected chi connectivity index (χ1v) is 3.91. The van der Waals surface area contributed by atoms with Crippen LogP contribution in [0.25, 0.3) is 6.08 Å². The Balaban J connectivity index is 2.37. The number of benzene rings is 1. The molecule has 0 fully saturated rings. The van der Waals surface area contributed by atoms with Crippen LogP contribution in [0.2, 0.25) is 0 Å². The molecule has 1 aromatic carbocycles. The van der Waals surface area contributed by atoms with E-state index < -0.39 is 0 Å². The third-order valence-corrected chi connectivity index (χ3v) is 1.98. The molecule has 0 unspecified atom stereocenters. The summed E-state index contributed by atoms with van der Waals surface area (Å²) in [4.78, 5) is 4.72. The Labute approximate surface area is 73.7 Å². The maximum Gasteiger partial charge on any atom is 0.136 e. The molecule has 0 aliphatic carbocycles. The van der Waals surface area contributed by atoms with Crippen LogP contribution in [0.5, 0.6) is 5.75 Å². The van der Waals surface area contributed by atoms with Crippen molar-refractivity contribution in [1.29, 1.82) is 0 Å². The molecule has 1 aromatic rings. The Morgan fingerprint density at radius 3 is 3.31 bits per heavy atom. The summed E-state index contributed by atoms with van der Waals surface area (Å²) in [6.45, 7) is 0. The van der Waals surface area contributed by atoms with E-state index in [0.717, 1.165) is 22.0 Å². The third kappa shape index (κ3) is 0.885. The first kappa shape index (κ1) is 6.54. The van der Waals surface area contributed by atoms with E-state index in [9.17, 15) is 0 Å². The van der Waals surface area contributed by atoms with E-state index in [-0.39, 0.29) is 0 Å². The van der Waals surface area contributed by atoms with Gasteiger partial charge < -0.3 is 4.74 Å². The molecule has 4 heteroatoms. The van der Waals surface area contributed by atoms with Crippen LogP contribution >= 0.6 is 0 Å². The van der Waals surface area contributed by atoms with Crippen molar-refractivity contribution in [2.45, 2.75) is 0 Å². The fourth-order valence-corrected chi connectivity index (χ4v) is 1.35. The first-order chi connectivity index (χ1) is 6.43. The monoisotopic (exact) mass is 174 g/mol. The minimum Gasteiger partial charge on any atom is -0.464 e. The second-order valence-electron chi connectivity index (χ2n) is 2.80. The predicted molar refractivity (Wildman–Crippen MR) is 46.2 cm³/mol. The summed E-state index contributed by atoms with van der Waals surface area (Å²) in [7, 11) is 0. The predicted octanol–water partition coefficient (Wildman–Crippen LogP) is 0.265. The highest BCUT2D eigenvalue weighted by Crippen LogP contribution is 2.10. The van der Waals surface area contributed by atoms with Gasteiger partial charge in [0.2, 0.25) is 0 Å². The van der Waals surface area contributed by atoms with E-state index in [1.54, 1.807) is 6.26 Å². The maximum absolute atomic E-state index is 5.29. The Morgan fingerprint density at radius 1 is 1.31 bits per heavy atom. The second-order valence-corrected chi connectivity index (χ2v) is 2.80. The fraction of sp³-hybridized carbons (Fsp3) is 0. The van der Waals surface area contributed by atoms with E-state index in [0.29, 0.717) is 0 Å². The van der Waals surface area contributed by atoms with Gasteiger partial charge in [-0.05, 0) is 18.2 Å². The number of nitrogens with zero attached hydrogens (tertiary/aromatic N) is 1. The van der Waals surface area contributed by atoms with Gasteiger partial charge in [0.25, 0.3) is 0 Å². The van der Waals surface area contributed by atoms with E-state index in [2.05, 4.69) is 10.6 Å². The maximum atomic E-state index is 5.29. The lowest BCUT2D eigenvalue weighted by Crippen LogP contribution is -2.14. The number of allylic oxidation sites excluding steroid dienone is 1. The summed E-state index contributed by atoms with van der Waals surface area (Å²) in [6.07, 6.45) is 5.46. The second kappa shape index (κ2) is 2.26. The van der Waals surface area contributed by atoms with Crippen LogP contribution in [-0.2, 0) is 4.94 Å². The van der Waals surface area contributed by atoms with Crippen molar-refractivity contribution >= 4 is 11.8 Å². The molecular weight excluding hydrogens is 168 g/mol. The number of nitrogens with one attached hydrogen (secondary N) is 1. The van der Waals surface area contributed by atoms with Gasteiger partial charge in [-0.2, -0.15) is 5.48 Å². The van der Waals surface area contributed by atoms with Crippen LogP contribution < -0.4 is 20.8 Å². The van der Waals surface area contributed by atoms with Gasteiger partial charge in [-0.3, -0.25) is 4.94 Å². The number of ether oxygens (including phenoxy) is 1. The summed E-state index contributed by atoms with van der Waals surface area (Å²) < 4.78 is 5.29. The van der Waals surface area contributed by atoms with Crippen molar-refractivity contribution in [1.82, 2.24) is 0 Å². The fourth-order valence-electron chi connectivity index (χ4n) is 1.35. The van der Waals surface area contributed by atoms with Gasteiger partial charge in [-0.25, -0.2) is 0 Å². The molecule has 2 aliphatic rings. The largest absolute Gasteiger partial charge is 0.464 e. The number of rotatable bonds is 0. The lowest BCUT2D eigenvalue weighted by atomic mass is 10.2. The SMILES string of the molecule is C1=COc2cc3c(cc2=C1)NON=3. The average Bonchev–Trinajstić information content (AvgIpc) is 2.61. The Bertz CT molecular complexity index is 505. The Morgan fingerprint density at radius 2 is 2.31 bits per heavy atom. The van der Waals surface area contributed by atoms with E-state index in [1.807, 2.05) is 24.3 Å². The zero-order valence-corrected chi connectivity index (χ0v) is 6.65. The topological polar surface area (TPSA) is 42.8 Å². The van der Waals surface area contributed by atoms with Crippen molar-refractivity contribution < 1.29 is 9.68 Å². The molecule has 1 N–H and O–H groups in total. The summed E-state index contributed by atoms with van der Waals surface area (Å²) in [5.74, 6) is 0.803. The molecule has 2 aliphatic heterocycles. The standard InChI is InChI=1S/C9H6N2O2/c1-2-6-4-7-8(11-13-10-7)5-9(6)12-3-1/h1-5,10H. The molecule has 0 amide bonds. The molecule has 0 atom stereocenters. The van der Waals surface area contributed by atoms with E-state index in [1.165, 1.54) is 0 Å². The Kier molecular flexibility index (Phi) is 1.14. The summed E-state index contributed by atoms with van der Waals surface area (Å²) in [6, 6.07) is 3.77. The molecule has 2 heterocycles. The summed E-state index contributed by atoms with van der Waals surface area (Å²) >= 11 is 0. The summed E-state index contributed by atoms with van der Waals surface area (Å²) in [5.41, 5.74) is 3.55. The number of fused-ring (bicyclic) bond motifs is 2. The third-order valence-electron chi connectivity index (χ3n) is 1.98. The highest BCUT2D eigenvalue weighted by Gasteiger charge is 2.08. The van der Waals surface area contributed by atoms with Crippen molar-refractivity contribution in [2.75, 3.05) is 5.48 Å². The molecule has 0 aromatic heterocycles.